The van der Waals surface area contributed by atoms with E-state index >= 15 is 0 Å². The van der Waals surface area contributed by atoms with Crippen LogP contribution < -0.4 is 88.8 Å². The SMILES string of the molecule is C[C@H](NC(=O)[C@H](CO)NC(=O)[C@H](CCCN=C(N)N)NC(=O)[C@H](CCCN=C(N)N)NC(=O)[C@@H](N)CO)C(=O)N[C@@H](CS)C(=O)N[C@@H](CCCN=C(N)N)C(=O)N[C@@H](CCCN=C(N)N)C(=O)O. The Bertz CT molecular complexity index is 1790. The van der Waals surface area contributed by atoms with Crippen LogP contribution in [0.2, 0.25) is 0 Å². The minimum Gasteiger partial charge on any atom is -0.480 e. The molecule has 0 aliphatic heterocycles. The Morgan fingerprint density at radius 1 is 0.441 bits per heavy atom. The van der Waals surface area contributed by atoms with Gasteiger partial charge in [-0.3, -0.25) is 53.5 Å². The summed E-state index contributed by atoms with van der Waals surface area (Å²) in [6.07, 6.45) is 0.259. The van der Waals surface area contributed by atoms with Crippen molar-refractivity contribution >= 4 is 83.8 Å². The van der Waals surface area contributed by atoms with Crippen LogP contribution in [-0.2, 0) is 38.4 Å². The highest BCUT2D eigenvalue weighted by Gasteiger charge is 2.33. The van der Waals surface area contributed by atoms with Crippen LogP contribution in [0, 0.1) is 0 Å². The number of nitrogens with one attached hydrogen (secondary N) is 7. The first-order valence-corrected chi connectivity index (χ1v) is 21.8. The van der Waals surface area contributed by atoms with E-state index < -0.39 is 109 Å². The third kappa shape index (κ3) is 26.3. The fourth-order valence-corrected chi connectivity index (χ4v) is 5.85. The number of thiol groups is 1. The summed E-state index contributed by atoms with van der Waals surface area (Å²) >= 11 is 4.14. The number of nitrogens with zero attached hydrogens (tertiary/aromatic N) is 4. The predicted octanol–water partition coefficient (Wildman–Crippen LogP) is -10.1. The second kappa shape index (κ2) is 33.5. The van der Waals surface area contributed by atoms with E-state index in [-0.39, 0.29) is 107 Å². The minimum atomic E-state index is -1.71. The summed E-state index contributed by atoms with van der Waals surface area (Å²) < 4.78 is 0. The Hall–Kier alpha value is -6.93. The summed E-state index contributed by atoms with van der Waals surface area (Å²) in [6.45, 7) is -0.333. The zero-order valence-electron chi connectivity index (χ0n) is 37.8. The van der Waals surface area contributed by atoms with Crippen LogP contribution in [0.1, 0.15) is 58.3 Å². The molecule has 28 N–H and O–H groups in total. The number of aliphatic hydroxyl groups is 2. The van der Waals surface area contributed by atoms with Gasteiger partial charge in [0, 0.05) is 31.9 Å². The van der Waals surface area contributed by atoms with Crippen molar-refractivity contribution in [3.63, 3.8) is 0 Å². The number of hydrogen-bond acceptors (Lipinski definition) is 16. The third-order valence-electron chi connectivity index (χ3n) is 9.21. The molecule has 0 aliphatic carbocycles. The van der Waals surface area contributed by atoms with E-state index in [9.17, 15) is 53.7 Å². The Morgan fingerprint density at radius 3 is 1.06 bits per heavy atom. The van der Waals surface area contributed by atoms with Crippen molar-refractivity contribution in [3.8, 4) is 0 Å². The highest BCUT2D eigenvalue weighted by atomic mass is 32.1. The van der Waals surface area contributed by atoms with E-state index in [1.165, 1.54) is 6.92 Å². The number of carbonyl (C=O) groups is 8. The van der Waals surface area contributed by atoms with E-state index in [2.05, 4.69) is 69.8 Å². The maximum atomic E-state index is 13.6. The second-order valence-corrected chi connectivity index (χ2v) is 15.3. The molecule has 0 spiro atoms. The number of guanidine groups is 4. The average molecular weight is 991 g/mol. The standard InChI is InChI=1S/C36H70N20O11S/c1-17(25(59)56-24(16-68)31(65)53-20(7-3-11-47-34(40)41)28(62)54-22(32(66)67)9-5-13-49-36(44)45)50-30(64)23(15-58)55-29(63)21(8-4-12-48-35(42)43)52-27(61)19(6-2-10-46-33(38)39)51-26(60)18(37)14-57/h17-24,57-58,68H,2-16,37H2,1H3,(H,50,64)(H,51,60)(H,52,61)(H,53,65)(H,54,62)(H,55,63)(H,56,59)(H,66,67)(H4,38,39,46)(H4,40,41,47)(H4,42,43,48)(H4,44,45,49)/t17-,18-,19-,20-,21-,22-,23-,24-/m0/s1. The van der Waals surface area contributed by atoms with Crippen molar-refractivity contribution in [1.29, 1.82) is 0 Å². The molecule has 0 radical (unpaired) electrons. The van der Waals surface area contributed by atoms with Crippen molar-refractivity contribution in [2.75, 3.05) is 45.1 Å². The molecular weight excluding hydrogens is 921 g/mol. The summed E-state index contributed by atoms with van der Waals surface area (Å²) in [5.74, 6) is -9.20. The van der Waals surface area contributed by atoms with Crippen LogP contribution in [0.5, 0.6) is 0 Å². The molecule has 0 aliphatic rings. The van der Waals surface area contributed by atoms with E-state index in [1.807, 2.05) is 0 Å². The number of aliphatic imine (C=N–C) groups is 4. The van der Waals surface area contributed by atoms with Gasteiger partial charge in [-0.05, 0) is 58.3 Å². The molecule has 0 aromatic rings. The Balaban J connectivity index is 6.09. The van der Waals surface area contributed by atoms with E-state index in [1.54, 1.807) is 0 Å². The third-order valence-corrected chi connectivity index (χ3v) is 9.58. The molecule has 0 bridgehead atoms. The summed E-state index contributed by atoms with van der Waals surface area (Å²) in [4.78, 5) is 120. The fourth-order valence-electron chi connectivity index (χ4n) is 5.59. The Labute approximate surface area is 397 Å². The van der Waals surface area contributed by atoms with Crippen molar-refractivity contribution in [3.05, 3.63) is 0 Å². The van der Waals surface area contributed by atoms with Crippen LogP contribution in [-0.4, -0.2) is 180 Å². The molecule has 0 aromatic heterocycles. The maximum absolute atomic E-state index is 13.6. The monoisotopic (exact) mass is 991 g/mol. The molecule has 31 nitrogen and oxygen atoms in total. The van der Waals surface area contributed by atoms with Gasteiger partial charge in [0.25, 0.3) is 0 Å². The van der Waals surface area contributed by atoms with Crippen molar-refractivity contribution in [2.45, 2.75) is 107 Å². The first-order chi connectivity index (χ1) is 32.0. The predicted molar refractivity (Wildman–Crippen MR) is 252 cm³/mol. The fraction of sp³-hybridized carbons (Fsp3) is 0.667. The average Bonchev–Trinajstić information content (AvgIpc) is 3.27. The summed E-state index contributed by atoms with van der Waals surface area (Å²) in [5, 5.41) is 45.8. The number of aliphatic carboxylic acids is 1. The summed E-state index contributed by atoms with van der Waals surface area (Å²) in [7, 11) is 0. The molecule has 7 amide bonds. The zero-order chi connectivity index (χ0) is 51.9. The number of carboxylic acid groups (broad SMARTS) is 1. The molecule has 0 fully saturated rings. The van der Waals surface area contributed by atoms with Gasteiger partial charge in [0.15, 0.2) is 23.8 Å². The lowest BCUT2D eigenvalue weighted by Crippen LogP contribution is -2.60. The number of rotatable bonds is 34. The van der Waals surface area contributed by atoms with Gasteiger partial charge in [-0.1, -0.05) is 0 Å². The van der Waals surface area contributed by atoms with Gasteiger partial charge in [0.1, 0.15) is 48.3 Å². The van der Waals surface area contributed by atoms with Gasteiger partial charge in [-0.15, -0.1) is 0 Å². The number of carbonyl (C=O) groups excluding carboxylic acids is 7. The lowest BCUT2D eigenvalue weighted by Gasteiger charge is -2.26. The smallest absolute Gasteiger partial charge is 0.326 e. The minimum absolute atomic E-state index is 0.00904. The molecular formula is C36H70N20O11S. The van der Waals surface area contributed by atoms with Gasteiger partial charge in [-0.2, -0.15) is 12.6 Å². The molecule has 0 unspecified atom stereocenters. The van der Waals surface area contributed by atoms with Gasteiger partial charge in [-0.25, -0.2) is 4.79 Å². The van der Waals surface area contributed by atoms with Gasteiger partial charge < -0.3 is 104 Å². The molecule has 0 aromatic carbocycles. The number of hydrogen-bond donors (Lipinski definition) is 20. The number of nitrogens with two attached hydrogens (primary N) is 9. The topological polar surface area (TPSA) is 565 Å². The first-order valence-electron chi connectivity index (χ1n) is 21.1. The van der Waals surface area contributed by atoms with Crippen LogP contribution in [0.4, 0.5) is 0 Å². The highest BCUT2D eigenvalue weighted by Crippen LogP contribution is 2.07. The lowest BCUT2D eigenvalue weighted by molar-refractivity contribution is -0.142. The molecule has 68 heavy (non-hydrogen) atoms. The van der Waals surface area contributed by atoms with Gasteiger partial charge in [0.05, 0.1) is 13.2 Å². The number of aliphatic hydroxyl groups excluding tert-OH is 2. The number of amides is 7. The quantitative estimate of drug-likeness (QED) is 0.0123. The van der Waals surface area contributed by atoms with E-state index in [0.717, 1.165) is 0 Å². The normalized spacial score (nSPS) is 14.2. The van der Waals surface area contributed by atoms with Crippen molar-refractivity contribution < 1.29 is 53.7 Å². The van der Waals surface area contributed by atoms with Gasteiger partial charge >= 0.3 is 5.97 Å². The zero-order valence-corrected chi connectivity index (χ0v) is 38.7. The summed E-state index contributed by atoms with van der Waals surface area (Å²) in [6, 6.07) is -11.5. The molecule has 32 heteroatoms. The van der Waals surface area contributed by atoms with Crippen LogP contribution in [0.15, 0.2) is 20.0 Å². The lowest BCUT2D eigenvalue weighted by atomic mass is 10.1. The first kappa shape index (κ1) is 61.1. The highest BCUT2D eigenvalue weighted by molar-refractivity contribution is 7.80. The van der Waals surface area contributed by atoms with Crippen LogP contribution in [0.25, 0.3) is 0 Å². The van der Waals surface area contributed by atoms with Gasteiger partial charge in [0.2, 0.25) is 41.4 Å². The van der Waals surface area contributed by atoms with E-state index in [4.69, 9.17) is 51.6 Å². The summed E-state index contributed by atoms with van der Waals surface area (Å²) in [5.41, 5.74) is 48.4. The largest absolute Gasteiger partial charge is 0.480 e. The second-order valence-electron chi connectivity index (χ2n) is 14.9. The molecule has 386 valence electrons. The van der Waals surface area contributed by atoms with E-state index in [0.29, 0.717) is 0 Å². The van der Waals surface area contributed by atoms with Crippen LogP contribution in [0.3, 0.4) is 0 Å². The van der Waals surface area contributed by atoms with Crippen molar-refractivity contribution in [1.82, 2.24) is 37.2 Å². The molecule has 0 heterocycles. The Kier molecular flexibility index (Phi) is 30.1. The molecule has 0 rings (SSSR count). The maximum Gasteiger partial charge on any atom is 0.326 e. The molecule has 8 atom stereocenters. The van der Waals surface area contributed by atoms with Crippen molar-refractivity contribution in [2.24, 2.45) is 71.6 Å². The Morgan fingerprint density at radius 2 is 0.735 bits per heavy atom. The molecule has 0 saturated heterocycles. The number of carboxylic acids is 1. The van der Waals surface area contributed by atoms with Crippen LogP contribution >= 0.6 is 12.6 Å². The molecule has 0 saturated carbocycles.